The predicted octanol–water partition coefficient (Wildman–Crippen LogP) is 4.07. The van der Waals surface area contributed by atoms with Gasteiger partial charge in [-0.3, -0.25) is 0 Å². The molecular formula is C15H11BrN2O. The second-order valence-corrected chi connectivity index (χ2v) is 4.91. The summed E-state index contributed by atoms with van der Waals surface area (Å²) in [5.74, 6) is 0.805. The van der Waals surface area contributed by atoms with Crippen LogP contribution in [0.2, 0.25) is 0 Å². The van der Waals surface area contributed by atoms with E-state index in [-0.39, 0.29) is 0 Å². The SMILES string of the molecule is COc1ccc2ccc(-c3cccc(Br)n3)nc2c1. The molecule has 0 saturated heterocycles. The Morgan fingerprint density at radius 3 is 2.53 bits per heavy atom. The number of rotatable bonds is 2. The molecule has 2 heterocycles. The van der Waals surface area contributed by atoms with Gasteiger partial charge >= 0.3 is 0 Å². The smallest absolute Gasteiger partial charge is 0.121 e. The fourth-order valence-corrected chi connectivity index (χ4v) is 2.26. The van der Waals surface area contributed by atoms with Crippen molar-refractivity contribution in [2.24, 2.45) is 0 Å². The van der Waals surface area contributed by atoms with Gasteiger partial charge in [-0.15, -0.1) is 0 Å². The molecule has 3 aromatic rings. The minimum atomic E-state index is 0.803. The van der Waals surface area contributed by atoms with Crippen molar-refractivity contribution in [3.05, 3.63) is 53.1 Å². The van der Waals surface area contributed by atoms with E-state index in [9.17, 15) is 0 Å². The molecule has 0 aliphatic heterocycles. The van der Waals surface area contributed by atoms with E-state index < -0.39 is 0 Å². The average Bonchev–Trinajstić information content (AvgIpc) is 2.46. The van der Waals surface area contributed by atoms with Crippen molar-refractivity contribution >= 4 is 26.8 Å². The van der Waals surface area contributed by atoms with Gasteiger partial charge in [-0.2, -0.15) is 0 Å². The molecule has 0 radical (unpaired) electrons. The molecule has 3 nitrogen and oxygen atoms in total. The van der Waals surface area contributed by atoms with E-state index in [1.54, 1.807) is 7.11 Å². The lowest BCUT2D eigenvalue weighted by Crippen LogP contribution is -1.89. The fourth-order valence-electron chi connectivity index (χ4n) is 1.92. The zero-order chi connectivity index (χ0) is 13.2. The normalized spacial score (nSPS) is 10.6. The van der Waals surface area contributed by atoms with Gasteiger partial charge in [0.15, 0.2) is 0 Å². The first kappa shape index (κ1) is 12.1. The number of hydrogen-bond donors (Lipinski definition) is 0. The largest absolute Gasteiger partial charge is 0.497 e. The first-order chi connectivity index (χ1) is 9.26. The number of halogens is 1. The maximum absolute atomic E-state index is 5.22. The molecule has 0 aliphatic rings. The van der Waals surface area contributed by atoms with Crippen molar-refractivity contribution in [2.45, 2.75) is 0 Å². The molecule has 0 bridgehead atoms. The van der Waals surface area contributed by atoms with Crippen molar-refractivity contribution < 1.29 is 4.74 Å². The molecule has 0 unspecified atom stereocenters. The van der Waals surface area contributed by atoms with Crippen LogP contribution in [-0.2, 0) is 0 Å². The van der Waals surface area contributed by atoms with Crippen LogP contribution in [0.3, 0.4) is 0 Å². The van der Waals surface area contributed by atoms with Crippen molar-refractivity contribution in [1.82, 2.24) is 9.97 Å². The number of benzene rings is 1. The third-order valence-corrected chi connectivity index (χ3v) is 3.32. The lowest BCUT2D eigenvalue weighted by atomic mass is 10.1. The number of nitrogens with zero attached hydrogens (tertiary/aromatic N) is 2. The predicted molar refractivity (Wildman–Crippen MR) is 79.2 cm³/mol. The maximum Gasteiger partial charge on any atom is 0.121 e. The molecule has 3 rings (SSSR count). The van der Waals surface area contributed by atoms with E-state index in [4.69, 9.17) is 4.74 Å². The zero-order valence-electron chi connectivity index (χ0n) is 10.3. The monoisotopic (exact) mass is 314 g/mol. The van der Waals surface area contributed by atoms with Crippen LogP contribution in [0.5, 0.6) is 5.75 Å². The van der Waals surface area contributed by atoms with E-state index in [1.165, 1.54) is 0 Å². The minimum Gasteiger partial charge on any atom is -0.497 e. The van der Waals surface area contributed by atoms with Gasteiger partial charge < -0.3 is 4.74 Å². The lowest BCUT2D eigenvalue weighted by molar-refractivity contribution is 0.415. The van der Waals surface area contributed by atoms with Gasteiger partial charge in [0, 0.05) is 11.5 Å². The minimum absolute atomic E-state index is 0.803. The molecular weight excluding hydrogens is 304 g/mol. The maximum atomic E-state index is 5.22. The first-order valence-corrected chi connectivity index (χ1v) is 6.63. The number of hydrogen-bond acceptors (Lipinski definition) is 3. The van der Waals surface area contributed by atoms with Crippen LogP contribution < -0.4 is 4.74 Å². The molecule has 4 heteroatoms. The van der Waals surface area contributed by atoms with Gasteiger partial charge in [-0.1, -0.05) is 12.1 Å². The van der Waals surface area contributed by atoms with E-state index in [0.29, 0.717) is 0 Å². The molecule has 19 heavy (non-hydrogen) atoms. The summed E-state index contributed by atoms with van der Waals surface area (Å²) in [6.07, 6.45) is 0. The Bertz CT molecular complexity index is 743. The highest BCUT2D eigenvalue weighted by molar-refractivity contribution is 9.10. The van der Waals surface area contributed by atoms with Crippen LogP contribution in [0.1, 0.15) is 0 Å². The topological polar surface area (TPSA) is 35.0 Å². The number of ether oxygens (including phenoxy) is 1. The summed E-state index contributed by atoms with van der Waals surface area (Å²) >= 11 is 3.37. The number of pyridine rings is 2. The average molecular weight is 315 g/mol. The molecule has 0 saturated carbocycles. The number of aromatic nitrogens is 2. The molecule has 0 aliphatic carbocycles. The molecule has 0 amide bonds. The Labute approximate surface area is 119 Å². The molecule has 0 N–H and O–H groups in total. The number of methoxy groups -OCH3 is 1. The van der Waals surface area contributed by atoms with E-state index in [0.717, 1.165) is 32.6 Å². The van der Waals surface area contributed by atoms with E-state index in [1.807, 2.05) is 48.5 Å². The Hall–Kier alpha value is -1.94. The standard InChI is InChI=1S/C15H11BrN2O/c1-19-11-7-5-10-6-8-13(17-14(10)9-11)12-3-2-4-15(16)18-12/h2-9H,1H3. The highest BCUT2D eigenvalue weighted by Gasteiger charge is 2.04. The van der Waals surface area contributed by atoms with Gasteiger partial charge in [0.25, 0.3) is 0 Å². The molecule has 2 aromatic heterocycles. The van der Waals surface area contributed by atoms with Crippen LogP contribution >= 0.6 is 15.9 Å². The van der Waals surface area contributed by atoms with Gasteiger partial charge in [0.1, 0.15) is 10.4 Å². The second-order valence-electron chi connectivity index (χ2n) is 4.10. The molecule has 94 valence electrons. The Kier molecular flexibility index (Phi) is 3.17. The van der Waals surface area contributed by atoms with Gasteiger partial charge in [-0.25, -0.2) is 9.97 Å². The quantitative estimate of drug-likeness (QED) is 0.669. The molecule has 1 aromatic carbocycles. The van der Waals surface area contributed by atoms with Crippen LogP contribution in [0.15, 0.2) is 53.1 Å². The van der Waals surface area contributed by atoms with Gasteiger partial charge in [0.05, 0.1) is 24.0 Å². The summed E-state index contributed by atoms with van der Waals surface area (Å²) in [7, 11) is 1.65. The van der Waals surface area contributed by atoms with Crippen molar-refractivity contribution in [1.29, 1.82) is 0 Å². The Morgan fingerprint density at radius 2 is 1.74 bits per heavy atom. The summed E-state index contributed by atoms with van der Waals surface area (Å²) in [4.78, 5) is 9.05. The van der Waals surface area contributed by atoms with Gasteiger partial charge in [-0.05, 0) is 46.3 Å². The highest BCUT2D eigenvalue weighted by Crippen LogP contribution is 2.23. The summed E-state index contributed by atoms with van der Waals surface area (Å²) in [5.41, 5.74) is 2.60. The summed E-state index contributed by atoms with van der Waals surface area (Å²) in [6, 6.07) is 15.7. The van der Waals surface area contributed by atoms with Crippen LogP contribution in [0.4, 0.5) is 0 Å². The van der Waals surface area contributed by atoms with Crippen LogP contribution in [0.25, 0.3) is 22.3 Å². The summed E-state index contributed by atoms with van der Waals surface area (Å²) in [6.45, 7) is 0. The summed E-state index contributed by atoms with van der Waals surface area (Å²) < 4.78 is 6.03. The molecule has 0 atom stereocenters. The third kappa shape index (κ3) is 2.44. The third-order valence-electron chi connectivity index (χ3n) is 2.88. The van der Waals surface area contributed by atoms with E-state index in [2.05, 4.69) is 25.9 Å². The zero-order valence-corrected chi connectivity index (χ0v) is 11.9. The summed E-state index contributed by atoms with van der Waals surface area (Å²) in [5, 5.41) is 1.08. The van der Waals surface area contributed by atoms with Crippen molar-refractivity contribution in [3.8, 4) is 17.1 Å². The number of fused-ring (bicyclic) bond motifs is 1. The van der Waals surface area contributed by atoms with Crippen LogP contribution in [0, 0.1) is 0 Å². The highest BCUT2D eigenvalue weighted by atomic mass is 79.9. The molecule has 0 spiro atoms. The van der Waals surface area contributed by atoms with E-state index >= 15 is 0 Å². The second kappa shape index (κ2) is 4.97. The Morgan fingerprint density at radius 1 is 0.947 bits per heavy atom. The first-order valence-electron chi connectivity index (χ1n) is 5.84. The lowest BCUT2D eigenvalue weighted by Gasteiger charge is -2.05. The van der Waals surface area contributed by atoms with Crippen molar-refractivity contribution in [3.63, 3.8) is 0 Å². The van der Waals surface area contributed by atoms with Crippen LogP contribution in [-0.4, -0.2) is 17.1 Å². The van der Waals surface area contributed by atoms with Gasteiger partial charge in [0.2, 0.25) is 0 Å². The Balaban J connectivity index is 2.15. The van der Waals surface area contributed by atoms with Crippen molar-refractivity contribution in [2.75, 3.05) is 7.11 Å². The molecule has 0 fully saturated rings. The fraction of sp³-hybridized carbons (Fsp3) is 0.0667.